The van der Waals surface area contributed by atoms with Gasteiger partial charge in [-0.1, -0.05) is 44.2 Å². The summed E-state index contributed by atoms with van der Waals surface area (Å²) >= 11 is 0. The topological polar surface area (TPSA) is 81.4 Å². The minimum absolute atomic E-state index is 0.257. The van der Waals surface area contributed by atoms with Crippen molar-refractivity contribution < 1.29 is 14.3 Å². The molecule has 0 aliphatic heterocycles. The van der Waals surface area contributed by atoms with Crippen molar-refractivity contribution in [3.8, 4) is 0 Å². The molecule has 0 radical (unpaired) electrons. The smallest absolute Gasteiger partial charge is 0.328 e. The van der Waals surface area contributed by atoms with Gasteiger partial charge < -0.3 is 15.8 Å². The number of carbonyl (C=O) groups excluding carboxylic acids is 2. The first-order chi connectivity index (χ1) is 9.45. The number of carbonyl (C=O) groups is 2. The molecule has 0 heterocycles. The van der Waals surface area contributed by atoms with Crippen molar-refractivity contribution in [2.45, 2.75) is 32.4 Å². The van der Waals surface area contributed by atoms with Gasteiger partial charge in [0, 0.05) is 0 Å². The second-order valence-corrected chi connectivity index (χ2v) is 5.10. The molecule has 0 fully saturated rings. The number of methoxy groups -OCH3 is 1. The predicted octanol–water partition coefficient (Wildman–Crippen LogP) is 1.39. The first-order valence-electron chi connectivity index (χ1n) is 6.64. The summed E-state index contributed by atoms with van der Waals surface area (Å²) in [5.41, 5.74) is 6.60. The summed E-state index contributed by atoms with van der Waals surface area (Å²) in [6.07, 6.45) is 0.514. The van der Waals surface area contributed by atoms with Gasteiger partial charge in [0.2, 0.25) is 5.91 Å². The Labute approximate surface area is 119 Å². The Kier molecular flexibility index (Phi) is 6.18. The fourth-order valence-electron chi connectivity index (χ4n) is 1.90. The van der Waals surface area contributed by atoms with Gasteiger partial charge in [-0.05, 0) is 17.9 Å². The third-order valence-electron chi connectivity index (χ3n) is 2.95. The van der Waals surface area contributed by atoms with Crippen LogP contribution in [0.3, 0.4) is 0 Å². The molecule has 1 rings (SSSR count). The number of hydrogen-bond donors (Lipinski definition) is 2. The van der Waals surface area contributed by atoms with Gasteiger partial charge >= 0.3 is 5.97 Å². The van der Waals surface area contributed by atoms with E-state index in [1.54, 1.807) is 12.1 Å². The van der Waals surface area contributed by atoms with Crippen LogP contribution in [0.4, 0.5) is 0 Å². The highest BCUT2D eigenvalue weighted by molar-refractivity contribution is 5.88. The molecule has 1 unspecified atom stereocenters. The zero-order valence-corrected chi connectivity index (χ0v) is 12.1. The SMILES string of the molecule is COC(=O)C(CC(C)C)NC(=O)[C@@H](N)c1ccccc1. The molecule has 3 N–H and O–H groups in total. The highest BCUT2D eigenvalue weighted by atomic mass is 16.5. The summed E-state index contributed by atoms with van der Waals surface area (Å²) in [4.78, 5) is 23.8. The predicted molar refractivity (Wildman–Crippen MR) is 76.8 cm³/mol. The number of amides is 1. The van der Waals surface area contributed by atoms with Crippen molar-refractivity contribution >= 4 is 11.9 Å². The minimum atomic E-state index is -0.796. The molecular weight excluding hydrogens is 256 g/mol. The van der Waals surface area contributed by atoms with Gasteiger partial charge in [-0.15, -0.1) is 0 Å². The Hall–Kier alpha value is -1.88. The zero-order valence-electron chi connectivity index (χ0n) is 12.1. The van der Waals surface area contributed by atoms with Crippen molar-refractivity contribution in [3.05, 3.63) is 35.9 Å². The largest absolute Gasteiger partial charge is 0.467 e. The molecule has 0 aliphatic rings. The highest BCUT2D eigenvalue weighted by Crippen LogP contribution is 2.12. The lowest BCUT2D eigenvalue weighted by atomic mass is 10.0. The number of nitrogens with two attached hydrogens (primary N) is 1. The molecule has 0 spiro atoms. The molecule has 20 heavy (non-hydrogen) atoms. The number of nitrogens with one attached hydrogen (secondary N) is 1. The van der Waals surface area contributed by atoms with Crippen LogP contribution in [-0.4, -0.2) is 25.0 Å². The first-order valence-corrected chi connectivity index (χ1v) is 6.64. The first kappa shape index (κ1) is 16.2. The van der Waals surface area contributed by atoms with Crippen LogP contribution >= 0.6 is 0 Å². The molecule has 1 aromatic carbocycles. The van der Waals surface area contributed by atoms with Crippen LogP contribution < -0.4 is 11.1 Å². The summed E-state index contributed by atoms with van der Waals surface area (Å²) in [5.74, 6) is -0.577. The maximum atomic E-state index is 12.1. The summed E-state index contributed by atoms with van der Waals surface area (Å²) in [6.45, 7) is 3.94. The van der Waals surface area contributed by atoms with E-state index in [-0.39, 0.29) is 11.8 Å². The standard InChI is InChI=1S/C15H22N2O3/c1-10(2)9-12(15(19)20-3)17-14(18)13(16)11-7-5-4-6-8-11/h4-8,10,12-13H,9,16H2,1-3H3,(H,17,18)/t12?,13-/m0/s1. The molecule has 5 heteroatoms. The average Bonchev–Trinajstić information content (AvgIpc) is 2.45. The second-order valence-electron chi connectivity index (χ2n) is 5.10. The van der Waals surface area contributed by atoms with E-state index in [4.69, 9.17) is 10.5 Å². The van der Waals surface area contributed by atoms with Crippen molar-refractivity contribution in [2.75, 3.05) is 7.11 Å². The molecule has 0 saturated heterocycles. The third-order valence-corrected chi connectivity index (χ3v) is 2.95. The Morgan fingerprint density at radius 1 is 1.25 bits per heavy atom. The minimum Gasteiger partial charge on any atom is -0.467 e. The van der Waals surface area contributed by atoms with E-state index in [9.17, 15) is 9.59 Å². The normalized spacial score (nSPS) is 13.7. The average molecular weight is 278 g/mol. The van der Waals surface area contributed by atoms with E-state index in [0.29, 0.717) is 12.0 Å². The summed E-state index contributed by atoms with van der Waals surface area (Å²) in [6, 6.07) is 7.57. The van der Waals surface area contributed by atoms with Crippen molar-refractivity contribution in [3.63, 3.8) is 0 Å². The Balaban J connectivity index is 2.72. The molecule has 0 bridgehead atoms. The Bertz CT molecular complexity index is 446. The molecule has 5 nitrogen and oxygen atoms in total. The van der Waals surface area contributed by atoms with Crippen LogP contribution in [0.25, 0.3) is 0 Å². The number of esters is 1. The third kappa shape index (κ3) is 4.66. The maximum absolute atomic E-state index is 12.1. The quantitative estimate of drug-likeness (QED) is 0.770. The van der Waals surface area contributed by atoms with Gasteiger partial charge in [0.1, 0.15) is 12.1 Å². The van der Waals surface area contributed by atoms with Crippen LogP contribution in [0, 0.1) is 5.92 Å². The van der Waals surface area contributed by atoms with Gasteiger partial charge in [-0.2, -0.15) is 0 Å². The van der Waals surface area contributed by atoms with E-state index in [1.807, 2.05) is 32.0 Å². The fraction of sp³-hybridized carbons (Fsp3) is 0.467. The van der Waals surface area contributed by atoms with Gasteiger partial charge in [-0.25, -0.2) is 4.79 Å². The van der Waals surface area contributed by atoms with Crippen LogP contribution in [0.5, 0.6) is 0 Å². The molecular formula is C15H22N2O3. The molecule has 1 amide bonds. The van der Waals surface area contributed by atoms with Crippen LogP contribution in [0.2, 0.25) is 0 Å². The molecule has 1 aromatic rings. The Morgan fingerprint density at radius 2 is 1.85 bits per heavy atom. The lowest BCUT2D eigenvalue weighted by Crippen LogP contribution is -2.46. The van der Waals surface area contributed by atoms with Crippen molar-refractivity contribution in [2.24, 2.45) is 11.7 Å². The molecule has 0 aliphatic carbocycles. The molecule has 0 aromatic heterocycles. The molecule has 2 atom stereocenters. The van der Waals surface area contributed by atoms with Gasteiger partial charge in [0.15, 0.2) is 0 Å². The summed E-state index contributed by atoms with van der Waals surface area (Å²) < 4.78 is 4.71. The number of ether oxygens (including phenoxy) is 1. The van der Waals surface area contributed by atoms with Crippen LogP contribution in [-0.2, 0) is 14.3 Å². The van der Waals surface area contributed by atoms with Crippen LogP contribution in [0.15, 0.2) is 30.3 Å². The van der Waals surface area contributed by atoms with Gasteiger partial charge in [-0.3, -0.25) is 4.79 Å². The fourth-order valence-corrected chi connectivity index (χ4v) is 1.90. The maximum Gasteiger partial charge on any atom is 0.328 e. The Morgan fingerprint density at radius 3 is 2.35 bits per heavy atom. The van der Waals surface area contributed by atoms with Crippen molar-refractivity contribution in [1.82, 2.24) is 5.32 Å². The van der Waals surface area contributed by atoms with Crippen molar-refractivity contribution in [1.29, 1.82) is 0 Å². The van der Waals surface area contributed by atoms with E-state index in [0.717, 1.165) is 0 Å². The van der Waals surface area contributed by atoms with E-state index in [1.165, 1.54) is 7.11 Å². The molecule has 0 saturated carbocycles. The lowest BCUT2D eigenvalue weighted by molar-refractivity contribution is -0.145. The molecule has 110 valence electrons. The van der Waals surface area contributed by atoms with E-state index < -0.39 is 18.1 Å². The van der Waals surface area contributed by atoms with Gasteiger partial charge in [0.05, 0.1) is 7.11 Å². The highest BCUT2D eigenvalue weighted by Gasteiger charge is 2.25. The summed E-state index contributed by atoms with van der Waals surface area (Å²) in [7, 11) is 1.30. The number of hydrogen-bond acceptors (Lipinski definition) is 4. The van der Waals surface area contributed by atoms with Gasteiger partial charge in [0.25, 0.3) is 0 Å². The van der Waals surface area contributed by atoms with E-state index >= 15 is 0 Å². The zero-order chi connectivity index (χ0) is 15.1. The van der Waals surface area contributed by atoms with Crippen LogP contribution in [0.1, 0.15) is 31.9 Å². The lowest BCUT2D eigenvalue weighted by Gasteiger charge is -2.20. The second kappa shape index (κ2) is 7.65. The number of rotatable bonds is 6. The monoisotopic (exact) mass is 278 g/mol. The van der Waals surface area contributed by atoms with E-state index in [2.05, 4.69) is 5.32 Å². The number of benzene rings is 1. The summed E-state index contributed by atoms with van der Waals surface area (Å²) in [5, 5.41) is 2.66.